The second kappa shape index (κ2) is 7.92. The Morgan fingerprint density at radius 2 is 1.83 bits per heavy atom. The summed E-state index contributed by atoms with van der Waals surface area (Å²) in [5.41, 5.74) is 1.82. The van der Waals surface area contributed by atoms with Gasteiger partial charge in [-0.3, -0.25) is 4.79 Å². The molecule has 24 heavy (non-hydrogen) atoms. The van der Waals surface area contributed by atoms with Gasteiger partial charge in [0.05, 0.1) is 0 Å². The predicted molar refractivity (Wildman–Crippen MR) is 97.7 cm³/mol. The van der Waals surface area contributed by atoms with Crippen molar-refractivity contribution in [3.63, 3.8) is 0 Å². The largest absolute Gasteiger partial charge is 0.325 e. The van der Waals surface area contributed by atoms with Gasteiger partial charge >= 0.3 is 0 Å². The normalized spacial score (nSPS) is 13.0. The first kappa shape index (κ1) is 18.6. The maximum atomic E-state index is 12.5. The average Bonchev–Trinajstić information content (AvgIpc) is 3.08. The molecule has 0 saturated carbocycles. The molecule has 0 aliphatic carbocycles. The van der Waals surface area contributed by atoms with Crippen molar-refractivity contribution < 1.29 is 13.2 Å². The maximum Gasteiger partial charge on any atom is 0.250 e. The number of nitrogens with one attached hydrogen (secondary N) is 2. The number of carbonyl (C=O) groups is 1. The molecule has 0 bridgehead atoms. The third kappa shape index (κ3) is 4.66. The lowest BCUT2D eigenvalue weighted by molar-refractivity contribution is -0.118. The third-order valence-electron chi connectivity index (χ3n) is 3.62. The monoisotopic (exact) mass is 366 g/mol. The minimum absolute atomic E-state index is 0.186. The van der Waals surface area contributed by atoms with E-state index in [4.69, 9.17) is 0 Å². The number of carbonyl (C=O) groups excluding carboxylic acids is 1. The first-order chi connectivity index (χ1) is 11.3. The lowest BCUT2D eigenvalue weighted by Crippen LogP contribution is -2.46. The van der Waals surface area contributed by atoms with Crippen LogP contribution >= 0.6 is 11.3 Å². The summed E-state index contributed by atoms with van der Waals surface area (Å²) in [4.78, 5) is 12.5. The SMILES string of the molecule is CCc1ccc(NC(=O)C(NS(=O)(=O)c2cccs2)C(C)C)cc1. The minimum atomic E-state index is -3.70. The Morgan fingerprint density at radius 1 is 1.17 bits per heavy atom. The number of rotatable bonds is 7. The Balaban J connectivity index is 2.13. The summed E-state index contributed by atoms with van der Waals surface area (Å²) in [6, 6.07) is 9.86. The van der Waals surface area contributed by atoms with E-state index in [0.717, 1.165) is 17.8 Å². The highest BCUT2D eigenvalue weighted by Crippen LogP contribution is 2.18. The smallest absolute Gasteiger partial charge is 0.250 e. The summed E-state index contributed by atoms with van der Waals surface area (Å²) < 4.78 is 27.4. The van der Waals surface area contributed by atoms with Crippen LogP contribution < -0.4 is 10.0 Å². The van der Waals surface area contributed by atoms with Crippen LogP contribution in [0.2, 0.25) is 0 Å². The summed E-state index contributed by atoms with van der Waals surface area (Å²) in [7, 11) is -3.70. The maximum absolute atomic E-state index is 12.5. The van der Waals surface area contributed by atoms with Crippen molar-refractivity contribution in [2.24, 2.45) is 5.92 Å². The molecule has 0 aliphatic heterocycles. The van der Waals surface area contributed by atoms with E-state index in [1.54, 1.807) is 25.3 Å². The lowest BCUT2D eigenvalue weighted by Gasteiger charge is -2.21. The molecule has 7 heteroatoms. The Hall–Kier alpha value is -1.70. The van der Waals surface area contributed by atoms with Gasteiger partial charge < -0.3 is 5.32 Å². The fraction of sp³-hybridized carbons (Fsp3) is 0.353. The van der Waals surface area contributed by atoms with Gasteiger partial charge in [0.2, 0.25) is 5.91 Å². The molecule has 1 aromatic carbocycles. The van der Waals surface area contributed by atoms with Gasteiger partial charge in [0.1, 0.15) is 10.3 Å². The molecule has 130 valence electrons. The van der Waals surface area contributed by atoms with Crippen molar-refractivity contribution in [2.75, 3.05) is 5.32 Å². The van der Waals surface area contributed by atoms with E-state index in [9.17, 15) is 13.2 Å². The van der Waals surface area contributed by atoms with E-state index in [1.165, 1.54) is 11.6 Å². The minimum Gasteiger partial charge on any atom is -0.325 e. The van der Waals surface area contributed by atoms with Gasteiger partial charge in [-0.25, -0.2) is 8.42 Å². The van der Waals surface area contributed by atoms with Crippen LogP contribution in [0.25, 0.3) is 0 Å². The van der Waals surface area contributed by atoms with E-state index in [-0.39, 0.29) is 16.0 Å². The summed E-state index contributed by atoms with van der Waals surface area (Å²) in [6.07, 6.45) is 0.920. The molecule has 2 aromatic rings. The van der Waals surface area contributed by atoms with E-state index < -0.39 is 16.1 Å². The highest BCUT2D eigenvalue weighted by atomic mass is 32.2. The van der Waals surface area contributed by atoms with Crippen LogP contribution in [0.4, 0.5) is 5.69 Å². The molecule has 2 rings (SSSR count). The van der Waals surface area contributed by atoms with Crippen LogP contribution in [-0.2, 0) is 21.2 Å². The van der Waals surface area contributed by atoms with E-state index in [0.29, 0.717) is 5.69 Å². The predicted octanol–water partition coefficient (Wildman–Crippen LogP) is 3.25. The quantitative estimate of drug-likeness (QED) is 0.790. The van der Waals surface area contributed by atoms with Gasteiger partial charge in [-0.15, -0.1) is 11.3 Å². The molecule has 0 radical (unpaired) electrons. The Morgan fingerprint density at radius 3 is 2.33 bits per heavy atom. The molecule has 0 spiro atoms. The molecule has 0 fully saturated rings. The zero-order valence-electron chi connectivity index (χ0n) is 13.9. The lowest BCUT2D eigenvalue weighted by atomic mass is 10.0. The molecule has 2 N–H and O–H groups in total. The van der Waals surface area contributed by atoms with Crippen molar-refractivity contribution in [1.82, 2.24) is 4.72 Å². The van der Waals surface area contributed by atoms with Crippen LogP contribution in [0, 0.1) is 5.92 Å². The summed E-state index contributed by atoms with van der Waals surface area (Å²) in [5, 5.41) is 4.47. The number of anilines is 1. The van der Waals surface area contributed by atoms with Crippen molar-refractivity contribution in [1.29, 1.82) is 0 Å². The second-order valence-corrected chi connectivity index (χ2v) is 8.70. The van der Waals surface area contributed by atoms with E-state index >= 15 is 0 Å². The third-order valence-corrected chi connectivity index (χ3v) is 6.46. The molecule has 1 unspecified atom stereocenters. The summed E-state index contributed by atoms with van der Waals surface area (Å²) in [5.74, 6) is -0.552. The van der Waals surface area contributed by atoms with Gasteiger partial charge in [0, 0.05) is 5.69 Å². The first-order valence-electron chi connectivity index (χ1n) is 7.79. The Kier molecular flexibility index (Phi) is 6.15. The van der Waals surface area contributed by atoms with Gasteiger partial charge in [-0.05, 0) is 41.5 Å². The average molecular weight is 367 g/mol. The van der Waals surface area contributed by atoms with Crippen molar-refractivity contribution >= 4 is 33.0 Å². The number of hydrogen-bond acceptors (Lipinski definition) is 4. The first-order valence-corrected chi connectivity index (χ1v) is 10.2. The fourth-order valence-electron chi connectivity index (χ4n) is 2.18. The molecule has 0 aliphatic rings. The molecular formula is C17H22N2O3S2. The Bertz CT molecular complexity index is 767. The molecule has 1 atom stereocenters. The highest BCUT2D eigenvalue weighted by molar-refractivity contribution is 7.91. The molecular weight excluding hydrogens is 344 g/mol. The number of amides is 1. The van der Waals surface area contributed by atoms with Crippen molar-refractivity contribution in [2.45, 2.75) is 37.4 Å². The van der Waals surface area contributed by atoms with Crippen molar-refractivity contribution in [3.8, 4) is 0 Å². The van der Waals surface area contributed by atoms with Crippen LogP contribution in [-0.4, -0.2) is 20.4 Å². The fourth-order valence-corrected chi connectivity index (χ4v) is 4.53. The molecule has 5 nitrogen and oxygen atoms in total. The summed E-state index contributed by atoms with van der Waals surface area (Å²) >= 11 is 1.12. The summed E-state index contributed by atoms with van der Waals surface area (Å²) in [6.45, 7) is 5.67. The topological polar surface area (TPSA) is 75.3 Å². The Labute approximate surface area is 147 Å². The second-order valence-electron chi connectivity index (χ2n) is 5.81. The standard InChI is InChI=1S/C17H22N2O3S2/c1-4-13-7-9-14(10-8-13)18-17(20)16(12(2)3)19-24(21,22)15-6-5-11-23-15/h5-12,16,19H,4H2,1-3H3,(H,18,20). The van der Waals surface area contributed by atoms with E-state index in [2.05, 4.69) is 17.0 Å². The molecule has 0 saturated heterocycles. The van der Waals surface area contributed by atoms with Crippen molar-refractivity contribution in [3.05, 3.63) is 47.3 Å². The van der Waals surface area contributed by atoms with Crippen LogP contribution in [0.1, 0.15) is 26.3 Å². The van der Waals surface area contributed by atoms with Gasteiger partial charge in [0.15, 0.2) is 0 Å². The molecule has 1 amide bonds. The van der Waals surface area contributed by atoms with Gasteiger partial charge in [-0.1, -0.05) is 39.0 Å². The molecule has 1 aromatic heterocycles. The number of aryl methyl sites for hydroxylation is 1. The van der Waals surface area contributed by atoms with E-state index in [1.807, 2.05) is 24.3 Å². The van der Waals surface area contributed by atoms with Crippen LogP contribution in [0.5, 0.6) is 0 Å². The zero-order chi connectivity index (χ0) is 17.7. The number of sulfonamides is 1. The number of hydrogen-bond donors (Lipinski definition) is 2. The highest BCUT2D eigenvalue weighted by Gasteiger charge is 2.28. The van der Waals surface area contributed by atoms with Gasteiger partial charge in [-0.2, -0.15) is 4.72 Å². The molecule has 1 heterocycles. The zero-order valence-corrected chi connectivity index (χ0v) is 15.6. The van der Waals surface area contributed by atoms with Crippen LogP contribution in [0.3, 0.4) is 0 Å². The number of benzene rings is 1. The number of thiophene rings is 1. The van der Waals surface area contributed by atoms with Gasteiger partial charge in [0.25, 0.3) is 10.0 Å². The van der Waals surface area contributed by atoms with Crippen LogP contribution in [0.15, 0.2) is 46.0 Å².